The number of amides is 1. The van der Waals surface area contributed by atoms with Gasteiger partial charge in [0.15, 0.2) is 0 Å². The van der Waals surface area contributed by atoms with E-state index < -0.39 is 0 Å². The number of carbonyl (C=O) groups is 1. The summed E-state index contributed by atoms with van der Waals surface area (Å²) in [6.07, 6.45) is 1.83. The average molecular weight is 325 g/mol. The largest absolute Gasteiger partial charge is 0.492 e. The molecule has 1 fully saturated rings. The fourth-order valence-electron chi connectivity index (χ4n) is 2.78. The van der Waals surface area contributed by atoms with Crippen LogP contribution in [0.5, 0.6) is 5.75 Å². The van der Waals surface area contributed by atoms with Crippen molar-refractivity contribution < 1.29 is 14.3 Å². The number of nitrogens with one attached hydrogen (secondary N) is 1. The van der Waals surface area contributed by atoms with Crippen LogP contribution in [0.3, 0.4) is 0 Å². The molecular formula is C20H23NO3. The van der Waals surface area contributed by atoms with E-state index in [1.54, 1.807) is 6.07 Å². The summed E-state index contributed by atoms with van der Waals surface area (Å²) in [6.45, 7) is 2.72. The number of carbonyl (C=O) groups excluding carboxylic acids is 1. The first-order chi connectivity index (χ1) is 11.8. The van der Waals surface area contributed by atoms with Crippen LogP contribution in [0.25, 0.3) is 0 Å². The number of hydrogen-bond acceptors (Lipinski definition) is 3. The van der Waals surface area contributed by atoms with Crippen molar-refractivity contribution in [2.45, 2.75) is 12.8 Å². The minimum Gasteiger partial charge on any atom is -0.492 e. The molecule has 2 aromatic carbocycles. The second-order valence-electron chi connectivity index (χ2n) is 6.02. The van der Waals surface area contributed by atoms with Crippen molar-refractivity contribution in [1.29, 1.82) is 0 Å². The van der Waals surface area contributed by atoms with Crippen LogP contribution in [0.15, 0.2) is 54.6 Å². The molecule has 0 aliphatic carbocycles. The molecule has 0 spiro atoms. The molecule has 1 N–H and O–H groups in total. The first kappa shape index (κ1) is 16.5. The highest BCUT2D eigenvalue weighted by atomic mass is 16.5. The molecule has 0 bridgehead atoms. The van der Waals surface area contributed by atoms with Gasteiger partial charge >= 0.3 is 0 Å². The fourth-order valence-corrected chi connectivity index (χ4v) is 2.78. The maximum atomic E-state index is 12.4. The standard InChI is InChI=1S/C20H23NO3/c22-20(21-14-17-10-12-23-15-17)18-8-4-5-9-19(18)24-13-11-16-6-2-1-3-7-16/h1-9,17H,10-15H2,(H,21,22). The summed E-state index contributed by atoms with van der Waals surface area (Å²) in [5.41, 5.74) is 1.81. The van der Waals surface area contributed by atoms with Crippen LogP contribution < -0.4 is 10.1 Å². The van der Waals surface area contributed by atoms with Crippen molar-refractivity contribution in [1.82, 2.24) is 5.32 Å². The quantitative estimate of drug-likeness (QED) is 0.851. The highest BCUT2D eigenvalue weighted by Crippen LogP contribution is 2.19. The van der Waals surface area contributed by atoms with Crippen LogP contribution in [-0.2, 0) is 11.2 Å². The van der Waals surface area contributed by atoms with Crippen LogP contribution in [0.4, 0.5) is 0 Å². The number of hydrogen-bond donors (Lipinski definition) is 1. The number of para-hydroxylation sites is 1. The molecule has 0 aromatic heterocycles. The van der Waals surface area contributed by atoms with Gasteiger partial charge in [-0.3, -0.25) is 4.79 Å². The van der Waals surface area contributed by atoms with Gasteiger partial charge in [0.1, 0.15) is 5.75 Å². The summed E-state index contributed by atoms with van der Waals surface area (Å²) < 4.78 is 11.2. The molecule has 2 aromatic rings. The average Bonchev–Trinajstić information content (AvgIpc) is 3.15. The number of rotatable bonds is 7. The minimum atomic E-state index is -0.0859. The highest BCUT2D eigenvalue weighted by Gasteiger charge is 2.18. The molecule has 1 amide bonds. The molecule has 4 heteroatoms. The van der Waals surface area contributed by atoms with Gasteiger partial charge in [-0.2, -0.15) is 0 Å². The van der Waals surface area contributed by atoms with E-state index in [4.69, 9.17) is 9.47 Å². The maximum Gasteiger partial charge on any atom is 0.255 e. The molecule has 1 aliphatic heterocycles. The Morgan fingerprint density at radius 2 is 1.92 bits per heavy atom. The lowest BCUT2D eigenvalue weighted by atomic mass is 10.1. The third-order valence-corrected chi connectivity index (χ3v) is 4.20. The van der Waals surface area contributed by atoms with Crippen LogP contribution in [0.2, 0.25) is 0 Å². The van der Waals surface area contributed by atoms with Gasteiger partial charge in [0.05, 0.1) is 18.8 Å². The molecule has 3 rings (SSSR count). The number of ether oxygens (including phenoxy) is 2. The fraction of sp³-hybridized carbons (Fsp3) is 0.350. The molecule has 1 unspecified atom stereocenters. The van der Waals surface area contributed by atoms with Gasteiger partial charge in [-0.15, -0.1) is 0 Å². The van der Waals surface area contributed by atoms with Gasteiger partial charge in [-0.1, -0.05) is 42.5 Å². The van der Waals surface area contributed by atoms with E-state index in [9.17, 15) is 4.79 Å². The Morgan fingerprint density at radius 1 is 1.12 bits per heavy atom. The zero-order chi connectivity index (χ0) is 16.6. The van der Waals surface area contributed by atoms with Crippen molar-refractivity contribution >= 4 is 5.91 Å². The molecular weight excluding hydrogens is 302 g/mol. The smallest absolute Gasteiger partial charge is 0.255 e. The Labute approximate surface area is 142 Å². The first-order valence-corrected chi connectivity index (χ1v) is 8.44. The number of benzene rings is 2. The van der Waals surface area contributed by atoms with Gasteiger partial charge in [0, 0.05) is 25.5 Å². The third kappa shape index (κ3) is 4.59. The van der Waals surface area contributed by atoms with Crippen LogP contribution in [0.1, 0.15) is 22.3 Å². The Hall–Kier alpha value is -2.33. The summed E-state index contributed by atoms with van der Waals surface area (Å²) in [4.78, 5) is 12.4. The predicted molar refractivity (Wildman–Crippen MR) is 93.3 cm³/mol. The SMILES string of the molecule is O=C(NCC1CCOC1)c1ccccc1OCCc1ccccc1. The van der Waals surface area contributed by atoms with E-state index in [2.05, 4.69) is 17.4 Å². The Balaban J connectivity index is 1.54. The zero-order valence-electron chi connectivity index (χ0n) is 13.7. The topological polar surface area (TPSA) is 47.6 Å². The van der Waals surface area contributed by atoms with Gasteiger partial charge < -0.3 is 14.8 Å². The second-order valence-corrected chi connectivity index (χ2v) is 6.02. The summed E-state index contributed by atoms with van der Waals surface area (Å²) >= 11 is 0. The third-order valence-electron chi connectivity index (χ3n) is 4.20. The van der Waals surface area contributed by atoms with Gasteiger partial charge in [0.2, 0.25) is 0 Å². The van der Waals surface area contributed by atoms with E-state index in [0.717, 1.165) is 26.1 Å². The summed E-state index contributed by atoms with van der Waals surface area (Å²) in [5.74, 6) is 0.964. The summed E-state index contributed by atoms with van der Waals surface area (Å²) in [6, 6.07) is 17.6. The molecule has 0 saturated carbocycles. The van der Waals surface area contributed by atoms with Crippen molar-refractivity contribution in [3.8, 4) is 5.75 Å². The Bertz CT molecular complexity index is 651. The molecule has 1 atom stereocenters. The predicted octanol–water partition coefficient (Wildman–Crippen LogP) is 3.07. The normalized spacial score (nSPS) is 16.8. The van der Waals surface area contributed by atoms with E-state index in [1.807, 2.05) is 36.4 Å². The van der Waals surface area contributed by atoms with Crippen molar-refractivity contribution in [3.63, 3.8) is 0 Å². The van der Waals surface area contributed by atoms with Crippen LogP contribution in [0, 0.1) is 5.92 Å². The summed E-state index contributed by atoms with van der Waals surface area (Å²) in [7, 11) is 0. The molecule has 1 saturated heterocycles. The van der Waals surface area contributed by atoms with E-state index in [0.29, 0.717) is 30.4 Å². The zero-order valence-corrected chi connectivity index (χ0v) is 13.7. The molecule has 24 heavy (non-hydrogen) atoms. The van der Waals surface area contributed by atoms with Crippen molar-refractivity contribution in [3.05, 3.63) is 65.7 Å². The monoisotopic (exact) mass is 325 g/mol. The van der Waals surface area contributed by atoms with Crippen molar-refractivity contribution in [2.75, 3.05) is 26.4 Å². The Kier molecular flexibility index (Phi) is 5.85. The molecule has 1 heterocycles. The van der Waals surface area contributed by atoms with Crippen molar-refractivity contribution in [2.24, 2.45) is 5.92 Å². The van der Waals surface area contributed by atoms with Crippen LogP contribution >= 0.6 is 0 Å². The highest BCUT2D eigenvalue weighted by molar-refractivity contribution is 5.96. The van der Waals surface area contributed by atoms with E-state index in [-0.39, 0.29) is 5.91 Å². The van der Waals surface area contributed by atoms with Crippen LogP contribution in [-0.4, -0.2) is 32.3 Å². The lowest BCUT2D eigenvalue weighted by Crippen LogP contribution is -2.29. The first-order valence-electron chi connectivity index (χ1n) is 8.44. The van der Waals surface area contributed by atoms with Gasteiger partial charge in [-0.05, 0) is 24.1 Å². The molecule has 0 radical (unpaired) electrons. The summed E-state index contributed by atoms with van der Waals surface area (Å²) in [5, 5.41) is 2.99. The molecule has 1 aliphatic rings. The van der Waals surface area contributed by atoms with E-state index >= 15 is 0 Å². The molecule has 4 nitrogen and oxygen atoms in total. The lowest BCUT2D eigenvalue weighted by Gasteiger charge is -2.13. The van der Waals surface area contributed by atoms with Gasteiger partial charge in [-0.25, -0.2) is 0 Å². The Morgan fingerprint density at radius 3 is 2.71 bits per heavy atom. The van der Waals surface area contributed by atoms with Gasteiger partial charge in [0.25, 0.3) is 5.91 Å². The maximum absolute atomic E-state index is 12.4. The molecule has 126 valence electrons. The van der Waals surface area contributed by atoms with E-state index in [1.165, 1.54) is 5.56 Å². The minimum absolute atomic E-state index is 0.0859. The second kappa shape index (κ2) is 8.50. The lowest BCUT2D eigenvalue weighted by molar-refractivity contribution is 0.0941.